The van der Waals surface area contributed by atoms with Gasteiger partial charge in [0.1, 0.15) is 5.75 Å². The third-order valence-electron chi connectivity index (χ3n) is 3.86. The topological polar surface area (TPSA) is 117 Å². The third kappa shape index (κ3) is 5.00. The van der Waals surface area contributed by atoms with Crippen molar-refractivity contribution in [3.63, 3.8) is 0 Å². The maximum atomic E-state index is 12.1. The maximum absolute atomic E-state index is 12.1. The van der Waals surface area contributed by atoms with Crippen LogP contribution in [0.3, 0.4) is 0 Å². The maximum Gasteiger partial charge on any atom is 0.363 e. The first-order chi connectivity index (χ1) is 14.4. The molecule has 0 amide bonds. The molecule has 0 spiro atoms. The lowest BCUT2D eigenvalue weighted by atomic mass is 10.2. The summed E-state index contributed by atoms with van der Waals surface area (Å²) in [6, 6.07) is 10.4. The van der Waals surface area contributed by atoms with E-state index in [4.69, 9.17) is 25.8 Å². The number of benzene rings is 2. The van der Waals surface area contributed by atoms with Gasteiger partial charge in [0.25, 0.3) is 5.69 Å². The number of ether oxygens (including phenoxy) is 3. The molecule has 0 atom stereocenters. The van der Waals surface area contributed by atoms with E-state index >= 15 is 0 Å². The van der Waals surface area contributed by atoms with Crippen LogP contribution in [0.5, 0.6) is 5.75 Å². The molecule has 2 aromatic rings. The van der Waals surface area contributed by atoms with Crippen molar-refractivity contribution in [2.45, 2.75) is 6.92 Å². The number of halogens is 1. The largest absolute Gasteiger partial charge is 0.482 e. The molecule has 9 nitrogen and oxygen atoms in total. The van der Waals surface area contributed by atoms with Gasteiger partial charge < -0.3 is 14.2 Å². The molecule has 0 unspecified atom stereocenters. The fourth-order valence-electron chi connectivity index (χ4n) is 2.48. The lowest BCUT2D eigenvalue weighted by Gasteiger charge is -2.05. The number of nitrogens with zero attached hydrogens (tertiary/aromatic N) is 2. The van der Waals surface area contributed by atoms with E-state index in [9.17, 15) is 19.7 Å². The van der Waals surface area contributed by atoms with Gasteiger partial charge in [0.05, 0.1) is 22.1 Å². The highest BCUT2D eigenvalue weighted by Crippen LogP contribution is 2.27. The standard InChI is InChI=1S/C20H15ClN2O7/c1-2-28-18(24)11-29-14-6-3-12(4-7-14)9-17-20(25)30-19(22-17)15-8-5-13(23(26)27)10-16(15)21/h3-10H,2,11H2,1H3/b17-9-. The molecule has 1 heterocycles. The molecule has 0 fully saturated rings. The first-order valence-corrected chi connectivity index (χ1v) is 9.10. The van der Waals surface area contributed by atoms with Crippen LogP contribution in [0.1, 0.15) is 18.1 Å². The summed E-state index contributed by atoms with van der Waals surface area (Å²) in [6.07, 6.45) is 1.50. The molecule has 10 heteroatoms. The molecule has 1 aliphatic heterocycles. The van der Waals surface area contributed by atoms with Gasteiger partial charge in [-0.2, -0.15) is 0 Å². The highest BCUT2D eigenvalue weighted by Gasteiger charge is 2.26. The first kappa shape index (κ1) is 21.0. The Bertz CT molecular complexity index is 1060. The highest BCUT2D eigenvalue weighted by molar-refractivity contribution is 6.34. The van der Waals surface area contributed by atoms with Crippen molar-refractivity contribution in [1.29, 1.82) is 0 Å². The number of non-ortho nitro benzene ring substituents is 1. The van der Waals surface area contributed by atoms with E-state index in [1.165, 1.54) is 18.2 Å². The number of esters is 2. The van der Waals surface area contributed by atoms with Gasteiger partial charge in [0.2, 0.25) is 5.90 Å². The quantitative estimate of drug-likeness (QED) is 0.285. The lowest BCUT2D eigenvalue weighted by Crippen LogP contribution is -2.14. The molecule has 0 aromatic heterocycles. The Morgan fingerprint density at radius 1 is 1.27 bits per heavy atom. The molecule has 0 saturated heterocycles. The Kier molecular flexibility index (Phi) is 6.43. The number of carbonyl (C=O) groups excluding carboxylic acids is 2. The third-order valence-corrected chi connectivity index (χ3v) is 4.17. The van der Waals surface area contributed by atoms with Gasteiger partial charge in [-0.05, 0) is 36.8 Å². The second kappa shape index (κ2) is 9.19. The average Bonchev–Trinajstić information content (AvgIpc) is 3.07. The molecule has 154 valence electrons. The minimum Gasteiger partial charge on any atom is -0.482 e. The number of carbonyl (C=O) groups is 2. The zero-order valence-corrected chi connectivity index (χ0v) is 16.4. The number of nitro groups is 1. The highest BCUT2D eigenvalue weighted by atomic mass is 35.5. The van der Waals surface area contributed by atoms with Crippen LogP contribution >= 0.6 is 11.6 Å². The van der Waals surface area contributed by atoms with E-state index in [2.05, 4.69) is 4.99 Å². The molecule has 0 bridgehead atoms. The molecule has 0 aliphatic carbocycles. The van der Waals surface area contributed by atoms with E-state index < -0.39 is 16.9 Å². The SMILES string of the molecule is CCOC(=O)COc1ccc(/C=C2\N=C(c3ccc([N+](=O)[O-])cc3Cl)OC2=O)cc1. The molecular weight excluding hydrogens is 416 g/mol. The van der Waals surface area contributed by atoms with Gasteiger partial charge in [0.15, 0.2) is 12.3 Å². The lowest BCUT2D eigenvalue weighted by molar-refractivity contribution is -0.384. The molecular formula is C20H15ClN2O7. The molecule has 2 aromatic carbocycles. The van der Waals surface area contributed by atoms with Crippen molar-refractivity contribution in [3.8, 4) is 5.75 Å². The Hall–Kier alpha value is -3.72. The monoisotopic (exact) mass is 430 g/mol. The van der Waals surface area contributed by atoms with Gasteiger partial charge in [-0.25, -0.2) is 14.6 Å². The second-order valence-electron chi connectivity index (χ2n) is 5.92. The normalized spacial score (nSPS) is 14.3. The van der Waals surface area contributed by atoms with Crippen LogP contribution in [-0.2, 0) is 19.1 Å². The smallest absolute Gasteiger partial charge is 0.363 e. The number of hydrogen-bond donors (Lipinski definition) is 0. The van der Waals surface area contributed by atoms with Crippen LogP contribution in [0.15, 0.2) is 53.2 Å². The van der Waals surface area contributed by atoms with E-state index in [1.807, 2.05) is 0 Å². The van der Waals surface area contributed by atoms with E-state index in [0.29, 0.717) is 11.3 Å². The van der Waals surface area contributed by atoms with Gasteiger partial charge in [0, 0.05) is 12.1 Å². The minimum absolute atomic E-state index is 0.0412. The first-order valence-electron chi connectivity index (χ1n) is 8.72. The van der Waals surface area contributed by atoms with Crippen LogP contribution < -0.4 is 4.74 Å². The molecule has 1 aliphatic rings. The zero-order chi connectivity index (χ0) is 21.7. The Labute approximate surface area is 175 Å². The second-order valence-corrected chi connectivity index (χ2v) is 6.33. The van der Waals surface area contributed by atoms with Gasteiger partial charge in [-0.15, -0.1) is 0 Å². The van der Waals surface area contributed by atoms with Crippen LogP contribution in [-0.4, -0.2) is 36.0 Å². The molecule has 0 saturated carbocycles. The molecule has 0 N–H and O–H groups in total. The number of aliphatic imine (C=N–C) groups is 1. The zero-order valence-electron chi connectivity index (χ0n) is 15.7. The number of hydrogen-bond acceptors (Lipinski definition) is 8. The number of cyclic esters (lactones) is 1. The summed E-state index contributed by atoms with van der Waals surface area (Å²) in [5, 5.41) is 10.9. The summed E-state index contributed by atoms with van der Waals surface area (Å²) >= 11 is 6.06. The van der Waals surface area contributed by atoms with Crippen LogP contribution in [0.2, 0.25) is 5.02 Å². The summed E-state index contributed by atoms with van der Waals surface area (Å²) < 4.78 is 15.2. The minimum atomic E-state index is -0.679. The van der Waals surface area contributed by atoms with Gasteiger partial charge >= 0.3 is 11.9 Å². The number of rotatable bonds is 7. The van der Waals surface area contributed by atoms with Crippen LogP contribution in [0.4, 0.5) is 5.69 Å². The van der Waals surface area contributed by atoms with E-state index in [0.717, 1.165) is 6.07 Å². The summed E-state index contributed by atoms with van der Waals surface area (Å²) in [7, 11) is 0. The van der Waals surface area contributed by atoms with Crippen molar-refractivity contribution in [2.24, 2.45) is 4.99 Å². The molecule has 3 rings (SSSR count). The van der Waals surface area contributed by atoms with Crippen LogP contribution in [0, 0.1) is 10.1 Å². The van der Waals surface area contributed by atoms with Crippen LogP contribution in [0.25, 0.3) is 6.08 Å². The van der Waals surface area contributed by atoms with Gasteiger partial charge in [-0.3, -0.25) is 10.1 Å². The van der Waals surface area contributed by atoms with Crippen molar-refractivity contribution < 1.29 is 28.7 Å². The predicted octanol–water partition coefficient (Wildman–Crippen LogP) is 3.53. The van der Waals surface area contributed by atoms with E-state index in [1.54, 1.807) is 31.2 Å². The molecule has 0 radical (unpaired) electrons. The predicted molar refractivity (Wildman–Crippen MR) is 107 cm³/mol. The van der Waals surface area contributed by atoms with Gasteiger partial charge in [-0.1, -0.05) is 23.7 Å². The Balaban J connectivity index is 1.74. The summed E-state index contributed by atoms with van der Waals surface area (Å²) in [4.78, 5) is 37.8. The molecule has 30 heavy (non-hydrogen) atoms. The van der Waals surface area contributed by atoms with Crippen molar-refractivity contribution >= 4 is 41.2 Å². The number of nitro benzene ring substituents is 1. The summed E-state index contributed by atoms with van der Waals surface area (Å²) in [5.74, 6) is -0.729. The summed E-state index contributed by atoms with van der Waals surface area (Å²) in [5.41, 5.74) is 0.765. The fraction of sp³-hybridized carbons (Fsp3) is 0.150. The summed E-state index contributed by atoms with van der Waals surface area (Å²) in [6.45, 7) is 1.78. The Morgan fingerprint density at radius 3 is 2.63 bits per heavy atom. The van der Waals surface area contributed by atoms with E-state index in [-0.39, 0.29) is 41.1 Å². The average molecular weight is 431 g/mol. The fourth-order valence-corrected chi connectivity index (χ4v) is 2.73. The Morgan fingerprint density at radius 2 is 2.00 bits per heavy atom. The van der Waals surface area contributed by atoms with Crippen molar-refractivity contribution in [1.82, 2.24) is 0 Å². The van der Waals surface area contributed by atoms with Crippen molar-refractivity contribution in [3.05, 3.63) is 74.4 Å². The van der Waals surface area contributed by atoms with Crippen molar-refractivity contribution in [2.75, 3.05) is 13.2 Å².